The zero-order valence-corrected chi connectivity index (χ0v) is 8.76. The Labute approximate surface area is 89.1 Å². The summed E-state index contributed by atoms with van der Waals surface area (Å²) in [4.78, 5) is 0. The van der Waals surface area contributed by atoms with Crippen molar-refractivity contribution in [3.8, 4) is 0 Å². The van der Waals surface area contributed by atoms with Crippen LogP contribution in [0, 0.1) is 0 Å². The Hall–Kier alpha value is -0.240. The fourth-order valence-corrected chi connectivity index (χ4v) is 1.26. The van der Waals surface area contributed by atoms with Gasteiger partial charge in [0.1, 0.15) is 0 Å². The summed E-state index contributed by atoms with van der Waals surface area (Å²) >= 11 is 0. The normalized spacial score (nSPS) is 12.0. The number of rotatable bonds is 10. The standard InChI is InChI=1S/C9H20O6/c10-3-1-9(2-4-11,14-7-5-12)15-8-6-13/h10-13H,1-8H2. The van der Waals surface area contributed by atoms with E-state index in [0.29, 0.717) is 0 Å². The van der Waals surface area contributed by atoms with Gasteiger partial charge in [-0.05, 0) is 0 Å². The smallest absolute Gasteiger partial charge is 0.172 e. The number of aliphatic hydroxyl groups excluding tert-OH is 4. The Bertz CT molecular complexity index is 125. The molecule has 0 aliphatic heterocycles. The monoisotopic (exact) mass is 224 g/mol. The first-order chi connectivity index (χ1) is 7.24. The summed E-state index contributed by atoms with van der Waals surface area (Å²) in [5.74, 6) is -1.12. The Morgan fingerprint density at radius 2 is 1.07 bits per heavy atom. The fraction of sp³-hybridized carbons (Fsp3) is 1.00. The van der Waals surface area contributed by atoms with E-state index in [4.69, 9.17) is 29.9 Å². The maximum absolute atomic E-state index is 8.86. The zero-order valence-electron chi connectivity index (χ0n) is 8.76. The minimum absolute atomic E-state index is 0.0609. The molecule has 0 aromatic heterocycles. The van der Waals surface area contributed by atoms with Gasteiger partial charge >= 0.3 is 0 Å². The molecule has 0 unspecified atom stereocenters. The maximum atomic E-state index is 8.86. The molecule has 0 saturated carbocycles. The van der Waals surface area contributed by atoms with Crippen LogP contribution >= 0.6 is 0 Å². The van der Waals surface area contributed by atoms with Crippen molar-refractivity contribution in [2.24, 2.45) is 0 Å². The Morgan fingerprint density at radius 3 is 1.33 bits per heavy atom. The Morgan fingerprint density at radius 1 is 0.667 bits per heavy atom. The van der Waals surface area contributed by atoms with Gasteiger partial charge in [-0.15, -0.1) is 0 Å². The van der Waals surface area contributed by atoms with Gasteiger partial charge in [-0.1, -0.05) is 0 Å². The molecule has 0 spiro atoms. The van der Waals surface area contributed by atoms with Crippen LogP contribution in [0.1, 0.15) is 12.8 Å². The van der Waals surface area contributed by atoms with Crippen LogP contribution in [0.2, 0.25) is 0 Å². The summed E-state index contributed by atoms with van der Waals surface area (Å²) in [5.41, 5.74) is 0. The lowest BCUT2D eigenvalue weighted by molar-refractivity contribution is -0.256. The number of hydrogen-bond acceptors (Lipinski definition) is 6. The highest BCUT2D eigenvalue weighted by Crippen LogP contribution is 2.22. The fourth-order valence-electron chi connectivity index (χ4n) is 1.26. The summed E-state index contributed by atoms with van der Waals surface area (Å²) < 4.78 is 10.5. The van der Waals surface area contributed by atoms with Crippen LogP contribution in [0.4, 0.5) is 0 Å². The van der Waals surface area contributed by atoms with Gasteiger partial charge in [0.25, 0.3) is 0 Å². The third kappa shape index (κ3) is 6.03. The van der Waals surface area contributed by atoms with Gasteiger partial charge in [0.2, 0.25) is 0 Å². The molecular weight excluding hydrogens is 204 g/mol. The second kappa shape index (κ2) is 9.02. The molecule has 4 N–H and O–H groups in total. The quantitative estimate of drug-likeness (QED) is 0.336. The summed E-state index contributed by atoms with van der Waals surface area (Å²) in [5, 5.41) is 35.0. The largest absolute Gasteiger partial charge is 0.396 e. The number of aliphatic hydroxyl groups is 4. The summed E-state index contributed by atoms with van der Waals surface area (Å²) in [6, 6.07) is 0. The lowest BCUT2D eigenvalue weighted by Crippen LogP contribution is -2.40. The van der Waals surface area contributed by atoms with E-state index in [-0.39, 0.29) is 52.5 Å². The van der Waals surface area contributed by atoms with Crippen molar-refractivity contribution in [2.45, 2.75) is 18.6 Å². The van der Waals surface area contributed by atoms with E-state index in [9.17, 15) is 0 Å². The van der Waals surface area contributed by atoms with Gasteiger partial charge in [-0.3, -0.25) is 0 Å². The van der Waals surface area contributed by atoms with E-state index < -0.39 is 5.79 Å². The highest BCUT2D eigenvalue weighted by molar-refractivity contribution is 4.69. The minimum Gasteiger partial charge on any atom is -0.396 e. The molecule has 0 aliphatic carbocycles. The van der Waals surface area contributed by atoms with Crippen molar-refractivity contribution >= 4 is 0 Å². The van der Waals surface area contributed by atoms with Crippen molar-refractivity contribution in [1.82, 2.24) is 0 Å². The van der Waals surface area contributed by atoms with Crippen LogP contribution in [0.3, 0.4) is 0 Å². The molecular formula is C9H20O6. The maximum Gasteiger partial charge on any atom is 0.172 e. The van der Waals surface area contributed by atoms with Crippen molar-refractivity contribution < 1.29 is 29.9 Å². The number of ether oxygens (including phenoxy) is 2. The predicted molar refractivity (Wildman–Crippen MR) is 52.2 cm³/mol. The molecule has 0 heterocycles. The molecule has 0 saturated heterocycles. The molecule has 0 aromatic rings. The Balaban J connectivity index is 4.26. The van der Waals surface area contributed by atoms with Crippen molar-refractivity contribution in [2.75, 3.05) is 39.6 Å². The van der Waals surface area contributed by atoms with Gasteiger partial charge in [-0.25, -0.2) is 0 Å². The molecule has 92 valence electrons. The van der Waals surface area contributed by atoms with Crippen molar-refractivity contribution in [3.05, 3.63) is 0 Å². The first-order valence-electron chi connectivity index (χ1n) is 4.96. The molecule has 6 nitrogen and oxygen atoms in total. The summed E-state index contributed by atoms with van der Waals surface area (Å²) in [7, 11) is 0. The molecule has 0 fully saturated rings. The van der Waals surface area contributed by atoms with Gasteiger partial charge in [0, 0.05) is 26.1 Å². The van der Waals surface area contributed by atoms with Crippen LogP contribution in [0.25, 0.3) is 0 Å². The van der Waals surface area contributed by atoms with Crippen LogP contribution in [0.5, 0.6) is 0 Å². The Kier molecular flexibility index (Phi) is 8.88. The molecule has 0 aromatic carbocycles. The van der Waals surface area contributed by atoms with Gasteiger partial charge in [-0.2, -0.15) is 0 Å². The van der Waals surface area contributed by atoms with E-state index in [1.165, 1.54) is 0 Å². The third-order valence-electron chi connectivity index (χ3n) is 1.90. The van der Waals surface area contributed by atoms with E-state index in [1.54, 1.807) is 0 Å². The van der Waals surface area contributed by atoms with E-state index >= 15 is 0 Å². The molecule has 0 aliphatic rings. The van der Waals surface area contributed by atoms with E-state index in [2.05, 4.69) is 0 Å². The van der Waals surface area contributed by atoms with Gasteiger partial charge in [0.15, 0.2) is 5.79 Å². The molecule has 0 radical (unpaired) electrons. The SMILES string of the molecule is OCCOC(CCO)(CCO)OCCO. The second-order valence-corrected chi connectivity index (χ2v) is 3.00. The van der Waals surface area contributed by atoms with E-state index in [0.717, 1.165) is 0 Å². The molecule has 15 heavy (non-hydrogen) atoms. The third-order valence-corrected chi connectivity index (χ3v) is 1.90. The molecule has 0 atom stereocenters. The molecule has 0 amide bonds. The van der Waals surface area contributed by atoms with Crippen molar-refractivity contribution in [1.29, 1.82) is 0 Å². The van der Waals surface area contributed by atoms with Crippen molar-refractivity contribution in [3.63, 3.8) is 0 Å². The van der Waals surface area contributed by atoms with Crippen LogP contribution in [0.15, 0.2) is 0 Å². The topological polar surface area (TPSA) is 99.4 Å². The zero-order chi connectivity index (χ0) is 11.6. The number of hydrogen-bond donors (Lipinski definition) is 4. The first-order valence-corrected chi connectivity index (χ1v) is 4.96. The van der Waals surface area contributed by atoms with Crippen LogP contribution in [-0.2, 0) is 9.47 Å². The predicted octanol–water partition coefficient (Wildman–Crippen LogP) is -1.53. The van der Waals surface area contributed by atoms with E-state index in [1.807, 2.05) is 0 Å². The second-order valence-electron chi connectivity index (χ2n) is 3.00. The lowest BCUT2D eigenvalue weighted by atomic mass is 10.1. The van der Waals surface area contributed by atoms with Crippen LogP contribution < -0.4 is 0 Å². The highest BCUT2D eigenvalue weighted by Gasteiger charge is 2.30. The van der Waals surface area contributed by atoms with Gasteiger partial charge in [0.05, 0.1) is 26.4 Å². The molecule has 6 heteroatoms. The summed E-state index contributed by atoms with van der Waals surface area (Å²) in [6.07, 6.45) is 0.376. The first kappa shape index (κ1) is 14.8. The lowest BCUT2D eigenvalue weighted by Gasteiger charge is -2.32. The summed E-state index contributed by atoms with van der Waals surface area (Å²) in [6.45, 7) is -0.521. The average Bonchev–Trinajstić information content (AvgIpc) is 2.24. The highest BCUT2D eigenvalue weighted by atomic mass is 16.7. The minimum atomic E-state index is -1.12. The average molecular weight is 224 g/mol. The van der Waals surface area contributed by atoms with Gasteiger partial charge < -0.3 is 29.9 Å². The van der Waals surface area contributed by atoms with Crippen LogP contribution in [-0.4, -0.2) is 65.9 Å². The molecule has 0 rings (SSSR count). The molecule has 0 bridgehead atoms.